The van der Waals surface area contributed by atoms with E-state index >= 15 is 0 Å². The summed E-state index contributed by atoms with van der Waals surface area (Å²) in [5, 5.41) is 3.76. The number of rotatable bonds is 4. The summed E-state index contributed by atoms with van der Waals surface area (Å²) in [5.74, 6) is -0.555. The first-order valence-electron chi connectivity index (χ1n) is 7.72. The van der Waals surface area contributed by atoms with E-state index in [4.69, 9.17) is 4.74 Å². The number of esters is 1. The van der Waals surface area contributed by atoms with E-state index < -0.39 is 0 Å². The van der Waals surface area contributed by atoms with Crippen molar-refractivity contribution in [3.8, 4) is 0 Å². The highest BCUT2D eigenvalue weighted by molar-refractivity contribution is 6.13. The van der Waals surface area contributed by atoms with E-state index in [2.05, 4.69) is 5.32 Å². The number of amides is 1. The van der Waals surface area contributed by atoms with E-state index in [9.17, 15) is 9.59 Å². The smallest absolute Gasteiger partial charge is 0.338 e. The third-order valence-electron chi connectivity index (χ3n) is 3.80. The second-order valence-corrected chi connectivity index (χ2v) is 5.42. The number of fused-ring (bicyclic) bond motifs is 1. The van der Waals surface area contributed by atoms with Crippen molar-refractivity contribution in [2.24, 2.45) is 7.05 Å². The molecule has 1 N–H and O–H groups in total. The molecule has 0 aliphatic carbocycles. The SMILES string of the molecule is CCOC(=O)c1ccc(NC(=O)c2cn(C)c3ccccc23)cc1. The molecule has 5 nitrogen and oxygen atoms in total. The molecule has 0 saturated carbocycles. The molecular formula is C19H18N2O3. The summed E-state index contributed by atoms with van der Waals surface area (Å²) < 4.78 is 6.86. The van der Waals surface area contributed by atoms with Crippen molar-refractivity contribution in [2.75, 3.05) is 11.9 Å². The average molecular weight is 322 g/mol. The number of aromatic nitrogens is 1. The molecule has 3 rings (SSSR count). The molecule has 1 aromatic heterocycles. The van der Waals surface area contributed by atoms with Crippen molar-refractivity contribution >= 4 is 28.5 Å². The second kappa shape index (κ2) is 6.58. The quantitative estimate of drug-likeness (QED) is 0.747. The molecule has 24 heavy (non-hydrogen) atoms. The third kappa shape index (κ3) is 3.01. The number of nitrogens with one attached hydrogen (secondary N) is 1. The fraction of sp³-hybridized carbons (Fsp3) is 0.158. The summed E-state index contributed by atoms with van der Waals surface area (Å²) in [6, 6.07) is 14.4. The highest BCUT2D eigenvalue weighted by Crippen LogP contribution is 2.21. The van der Waals surface area contributed by atoms with Gasteiger partial charge in [-0.1, -0.05) is 18.2 Å². The summed E-state index contributed by atoms with van der Waals surface area (Å²) in [7, 11) is 1.91. The second-order valence-electron chi connectivity index (χ2n) is 5.42. The molecule has 0 unspecified atom stereocenters. The van der Waals surface area contributed by atoms with Crippen molar-refractivity contribution in [3.63, 3.8) is 0 Å². The van der Waals surface area contributed by atoms with Crippen LogP contribution in [0.3, 0.4) is 0 Å². The Hall–Kier alpha value is -3.08. The van der Waals surface area contributed by atoms with Crippen LogP contribution in [0.1, 0.15) is 27.6 Å². The van der Waals surface area contributed by atoms with E-state index in [0.717, 1.165) is 10.9 Å². The Labute approximate surface area is 139 Å². The Bertz CT molecular complexity index is 895. The van der Waals surface area contributed by atoms with Crippen molar-refractivity contribution in [3.05, 3.63) is 65.9 Å². The van der Waals surface area contributed by atoms with Crippen molar-refractivity contribution in [1.82, 2.24) is 4.57 Å². The van der Waals surface area contributed by atoms with Crippen LogP contribution in [0.25, 0.3) is 10.9 Å². The summed E-state index contributed by atoms with van der Waals surface area (Å²) in [5.41, 5.74) is 2.70. The highest BCUT2D eigenvalue weighted by Gasteiger charge is 2.14. The number of carbonyl (C=O) groups excluding carboxylic acids is 2. The number of hydrogen-bond donors (Lipinski definition) is 1. The number of anilines is 1. The first-order valence-corrected chi connectivity index (χ1v) is 7.72. The van der Waals surface area contributed by atoms with Crippen LogP contribution in [0.4, 0.5) is 5.69 Å². The predicted molar refractivity (Wildman–Crippen MR) is 93.3 cm³/mol. The van der Waals surface area contributed by atoms with Crippen LogP contribution in [0.2, 0.25) is 0 Å². The van der Waals surface area contributed by atoms with Crippen LogP contribution < -0.4 is 5.32 Å². The average Bonchev–Trinajstić information content (AvgIpc) is 2.93. The van der Waals surface area contributed by atoms with Gasteiger partial charge in [0, 0.05) is 29.8 Å². The minimum absolute atomic E-state index is 0.185. The first kappa shape index (κ1) is 15.8. The van der Waals surface area contributed by atoms with Gasteiger partial charge in [-0.2, -0.15) is 0 Å². The Morgan fingerprint density at radius 3 is 2.50 bits per heavy atom. The number of nitrogens with zero attached hydrogens (tertiary/aromatic N) is 1. The highest BCUT2D eigenvalue weighted by atomic mass is 16.5. The normalized spacial score (nSPS) is 10.6. The molecule has 1 amide bonds. The number of para-hydroxylation sites is 1. The molecule has 1 heterocycles. The summed E-state index contributed by atoms with van der Waals surface area (Å²) >= 11 is 0. The number of hydrogen-bond acceptors (Lipinski definition) is 3. The van der Waals surface area contributed by atoms with Gasteiger partial charge in [-0.05, 0) is 37.3 Å². The summed E-state index contributed by atoms with van der Waals surface area (Å²) in [6.07, 6.45) is 1.81. The number of carbonyl (C=O) groups is 2. The van der Waals surface area contributed by atoms with Crippen molar-refractivity contribution < 1.29 is 14.3 Å². The molecular weight excluding hydrogens is 304 g/mol. The van der Waals surface area contributed by atoms with Gasteiger partial charge in [0.25, 0.3) is 5.91 Å². The van der Waals surface area contributed by atoms with Gasteiger partial charge in [-0.15, -0.1) is 0 Å². The zero-order valence-corrected chi connectivity index (χ0v) is 13.6. The van der Waals surface area contributed by atoms with Gasteiger partial charge < -0.3 is 14.6 Å². The maximum atomic E-state index is 12.5. The van der Waals surface area contributed by atoms with Crippen LogP contribution in [-0.2, 0) is 11.8 Å². The number of benzene rings is 2. The number of aryl methyl sites for hydroxylation is 1. The van der Waals surface area contributed by atoms with Gasteiger partial charge in [-0.3, -0.25) is 4.79 Å². The van der Waals surface area contributed by atoms with Crippen LogP contribution in [0.5, 0.6) is 0 Å². The lowest BCUT2D eigenvalue weighted by Crippen LogP contribution is -2.12. The standard InChI is InChI=1S/C19H18N2O3/c1-3-24-19(23)13-8-10-14(11-9-13)20-18(22)16-12-21(2)17-7-5-4-6-15(16)17/h4-12H,3H2,1-2H3,(H,20,22). The minimum Gasteiger partial charge on any atom is -0.462 e. The van der Waals surface area contributed by atoms with E-state index in [1.807, 2.05) is 42.1 Å². The molecule has 2 aromatic carbocycles. The summed E-state index contributed by atoms with van der Waals surface area (Å²) in [6.45, 7) is 2.09. The molecule has 3 aromatic rings. The minimum atomic E-state index is -0.371. The molecule has 0 atom stereocenters. The topological polar surface area (TPSA) is 60.3 Å². The molecule has 0 aliphatic rings. The Kier molecular flexibility index (Phi) is 4.33. The van der Waals surface area contributed by atoms with Gasteiger partial charge in [0.2, 0.25) is 0 Å². The Morgan fingerprint density at radius 1 is 1.08 bits per heavy atom. The predicted octanol–water partition coefficient (Wildman–Crippen LogP) is 3.61. The van der Waals surface area contributed by atoms with Crippen LogP contribution in [-0.4, -0.2) is 23.1 Å². The van der Waals surface area contributed by atoms with E-state index in [0.29, 0.717) is 23.4 Å². The lowest BCUT2D eigenvalue weighted by molar-refractivity contribution is 0.0526. The van der Waals surface area contributed by atoms with E-state index in [1.165, 1.54) is 0 Å². The Balaban J connectivity index is 1.80. The number of ether oxygens (including phenoxy) is 1. The van der Waals surface area contributed by atoms with Gasteiger partial charge in [-0.25, -0.2) is 4.79 Å². The van der Waals surface area contributed by atoms with Crippen LogP contribution in [0, 0.1) is 0 Å². The maximum Gasteiger partial charge on any atom is 0.338 e. The molecule has 0 spiro atoms. The molecule has 122 valence electrons. The van der Waals surface area contributed by atoms with Crippen molar-refractivity contribution in [1.29, 1.82) is 0 Å². The molecule has 5 heteroatoms. The van der Waals surface area contributed by atoms with E-state index in [-0.39, 0.29) is 11.9 Å². The van der Waals surface area contributed by atoms with Crippen LogP contribution >= 0.6 is 0 Å². The van der Waals surface area contributed by atoms with Crippen LogP contribution in [0.15, 0.2) is 54.7 Å². The first-order chi connectivity index (χ1) is 11.6. The lowest BCUT2D eigenvalue weighted by Gasteiger charge is -2.06. The largest absolute Gasteiger partial charge is 0.462 e. The zero-order valence-electron chi connectivity index (χ0n) is 13.6. The van der Waals surface area contributed by atoms with Gasteiger partial charge in [0.05, 0.1) is 17.7 Å². The molecule has 0 radical (unpaired) electrons. The van der Waals surface area contributed by atoms with Gasteiger partial charge in [0.15, 0.2) is 0 Å². The maximum absolute atomic E-state index is 12.5. The third-order valence-corrected chi connectivity index (χ3v) is 3.80. The fourth-order valence-corrected chi connectivity index (χ4v) is 2.63. The molecule has 0 saturated heterocycles. The molecule has 0 aliphatic heterocycles. The monoisotopic (exact) mass is 322 g/mol. The lowest BCUT2D eigenvalue weighted by atomic mass is 10.1. The van der Waals surface area contributed by atoms with Gasteiger partial charge >= 0.3 is 5.97 Å². The van der Waals surface area contributed by atoms with E-state index in [1.54, 1.807) is 31.2 Å². The van der Waals surface area contributed by atoms with Crippen molar-refractivity contribution in [2.45, 2.75) is 6.92 Å². The Morgan fingerprint density at radius 2 is 1.79 bits per heavy atom. The fourth-order valence-electron chi connectivity index (χ4n) is 2.63. The zero-order chi connectivity index (χ0) is 17.1. The molecule has 0 bridgehead atoms. The molecule has 0 fully saturated rings. The van der Waals surface area contributed by atoms with Gasteiger partial charge in [0.1, 0.15) is 0 Å². The summed E-state index contributed by atoms with van der Waals surface area (Å²) in [4.78, 5) is 24.2.